The Bertz CT molecular complexity index is 675. The monoisotopic (exact) mass is 455 g/mol. The maximum absolute atomic E-state index is 13.5. The van der Waals surface area contributed by atoms with Crippen molar-refractivity contribution in [2.45, 2.75) is 11.8 Å². The molecular weight excluding hydrogens is 450 g/mol. The fourth-order valence-electron chi connectivity index (χ4n) is 1.32. The Morgan fingerprint density at radius 2 is 1.25 bits per heavy atom. The van der Waals surface area contributed by atoms with Crippen LogP contribution in [0.15, 0.2) is 13.5 Å². The standard InChI is InChI=1S/C4H5F10N4O2P4/c5-3(6)1-19-24(20-2-4(3,7)8)17-22(11,12)15-21(9,10)16-23(13,14)18-24/h15H,1-2H2/q+1. The molecule has 0 bridgehead atoms. The van der Waals surface area contributed by atoms with Gasteiger partial charge in [0.1, 0.15) is 0 Å². The zero-order valence-corrected chi connectivity index (χ0v) is 14.2. The highest BCUT2D eigenvalue weighted by Gasteiger charge is 2.68. The lowest BCUT2D eigenvalue weighted by atomic mass is 10.2. The third kappa shape index (κ3) is 4.52. The van der Waals surface area contributed by atoms with Crippen molar-refractivity contribution in [2.75, 3.05) is 13.2 Å². The second-order valence-corrected chi connectivity index (χ2v) is 11.5. The molecule has 6 nitrogen and oxygen atoms in total. The number of nitrogens with one attached hydrogen (secondary N) is 1. The molecule has 1 N–H and O–H groups in total. The molecule has 0 aliphatic carbocycles. The van der Waals surface area contributed by atoms with Crippen molar-refractivity contribution in [2.24, 2.45) is 13.5 Å². The van der Waals surface area contributed by atoms with Gasteiger partial charge in [-0.2, -0.15) is 43.4 Å². The first-order valence-electron chi connectivity index (χ1n) is 5.32. The maximum Gasteiger partial charge on any atom is 0.543 e. The van der Waals surface area contributed by atoms with Crippen LogP contribution in [0.1, 0.15) is 0 Å². The van der Waals surface area contributed by atoms with Crippen molar-refractivity contribution in [1.29, 1.82) is 0 Å². The van der Waals surface area contributed by atoms with Crippen LogP contribution in [0, 0.1) is 0 Å². The van der Waals surface area contributed by atoms with Gasteiger partial charge >= 0.3 is 43.3 Å². The van der Waals surface area contributed by atoms with E-state index in [9.17, 15) is 42.7 Å². The number of rotatable bonds is 0. The molecule has 0 saturated carbocycles. The van der Waals surface area contributed by atoms with Crippen LogP contribution in [-0.4, -0.2) is 25.1 Å². The molecule has 24 heavy (non-hydrogen) atoms. The molecule has 2 rings (SSSR count). The summed E-state index contributed by atoms with van der Waals surface area (Å²) < 4.78 is 146. The summed E-state index contributed by atoms with van der Waals surface area (Å²) in [4.78, 5) is 0.226. The summed E-state index contributed by atoms with van der Waals surface area (Å²) in [6.45, 7) is -4.65. The molecule has 2 aliphatic heterocycles. The molecule has 20 heteroatoms. The van der Waals surface area contributed by atoms with Crippen LogP contribution in [0.4, 0.5) is 42.7 Å². The van der Waals surface area contributed by atoms with Gasteiger partial charge in [0.25, 0.3) is 0 Å². The molecule has 0 radical (unpaired) electrons. The van der Waals surface area contributed by atoms with E-state index in [1.165, 1.54) is 0 Å². The zero-order chi connectivity index (χ0) is 18.7. The molecule has 0 aromatic carbocycles. The average Bonchev–Trinajstić information content (AvgIpc) is 2.35. The molecule has 1 saturated heterocycles. The Kier molecular flexibility index (Phi) is 5.07. The topological polar surface area (TPSA) is 67.6 Å². The van der Waals surface area contributed by atoms with Crippen LogP contribution in [0.3, 0.4) is 0 Å². The van der Waals surface area contributed by atoms with Gasteiger partial charge in [-0.1, -0.05) is 0 Å². The molecule has 0 amide bonds. The molecule has 1 spiro atoms. The molecule has 142 valence electrons. The van der Waals surface area contributed by atoms with Gasteiger partial charge in [-0.3, -0.25) is 0 Å². The minimum atomic E-state index is -6.44. The van der Waals surface area contributed by atoms with Gasteiger partial charge in [0.05, 0.1) is 0 Å². The second kappa shape index (κ2) is 5.90. The first kappa shape index (κ1) is 20.6. The largest absolute Gasteiger partial charge is 0.543 e. The number of nitrogens with zero attached hydrogens (tertiary/aromatic N) is 3. The zero-order valence-electron chi connectivity index (χ0n) is 10.6. The van der Waals surface area contributed by atoms with Crippen molar-refractivity contribution in [1.82, 2.24) is 4.86 Å². The van der Waals surface area contributed by atoms with E-state index in [1.807, 2.05) is 0 Å². The molecule has 0 aromatic heterocycles. The Hall–Kier alpha value is 0.300. The van der Waals surface area contributed by atoms with Crippen LogP contribution in [-0.2, 0) is 9.05 Å². The normalized spacial score (nSPS) is 32.2. The summed E-state index contributed by atoms with van der Waals surface area (Å²) in [7, 11) is -24.6. The molecule has 0 atom stereocenters. The molecule has 0 aromatic rings. The van der Waals surface area contributed by atoms with Gasteiger partial charge in [0.15, 0.2) is 13.2 Å². The molecule has 0 unspecified atom stereocenters. The number of hydrogen-bond donors (Lipinski definition) is 1. The summed E-state index contributed by atoms with van der Waals surface area (Å²) in [6, 6.07) is 0. The van der Waals surface area contributed by atoms with Crippen molar-refractivity contribution >= 4 is 31.5 Å². The lowest BCUT2D eigenvalue weighted by molar-refractivity contribution is -0.222. The van der Waals surface area contributed by atoms with Crippen molar-refractivity contribution < 1.29 is 51.8 Å². The first-order chi connectivity index (χ1) is 10.5. The third-order valence-corrected chi connectivity index (χ3v) is 10.5. The molecule has 1 fully saturated rings. The number of halogens is 10. The Labute approximate surface area is 127 Å². The predicted octanol–water partition coefficient (Wildman–Crippen LogP) is 7.24. The lowest BCUT2D eigenvalue weighted by Crippen LogP contribution is -2.45. The van der Waals surface area contributed by atoms with Gasteiger partial charge < -0.3 is 0 Å². The second-order valence-electron chi connectivity index (χ2n) is 4.24. The minimum Gasteiger partial charge on any atom is -0.197 e. The Balaban J connectivity index is 2.63. The van der Waals surface area contributed by atoms with E-state index in [2.05, 4.69) is 18.1 Å². The molecular formula is C4H5F10N4O2P4+. The fraction of sp³-hybridized carbons (Fsp3) is 1.00. The highest BCUT2D eigenvalue weighted by atomic mass is 31.3. The van der Waals surface area contributed by atoms with Gasteiger partial charge in [0.2, 0.25) is 0 Å². The van der Waals surface area contributed by atoms with E-state index >= 15 is 0 Å². The minimum absolute atomic E-state index is 0.226. The van der Waals surface area contributed by atoms with E-state index in [0.29, 0.717) is 0 Å². The van der Waals surface area contributed by atoms with Crippen molar-refractivity contribution in [3.8, 4) is 0 Å². The van der Waals surface area contributed by atoms with Gasteiger partial charge in [-0.05, 0) is 0 Å². The van der Waals surface area contributed by atoms with Crippen molar-refractivity contribution in [3.05, 3.63) is 0 Å². The number of hydrogen-bond acceptors (Lipinski definition) is 6. The van der Waals surface area contributed by atoms with E-state index < -0.39 is 56.6 Å². The fourth-order valence-corrected chi connectivity index (χ4v) is 9.31. The SMILES string of the molecule is FC1(F)CO[P+]2(N=P(F)(F)N=P(F)(F)NP(F)(F)=N2)OCC1(F)F. The quantitative estimate of drug-likeness (QED) is 0.310. The van der Waals surface area contributed by atoms with Crippen LogP contribution in [0.25, 0.3) is 0 Å². The van der Waals surface area contributed by atoms with E-state index in [-0.39, 0.29) is 4.86 Å². The third-order valence-electron chi connectivity index (χ3n) is 2.27. The van der Waals surface area contributed by atoms with Crippen LogP contribution >= 0.6 is 31.5 Å². The Morgan fingerprint density at radius 3 is 1.71 bits per heavy atom. The van der Waals surface area contributed by atoms with Crippen LogP contribution in [0.2, 0.25) is 0 Å². The van der Waals surface area contributed by atoms with Crippen LogP contribution in [0.5, 0.6) is 0 Å². The summed E-state index contributed by atoms with van der Waals surface area (Å²) in [5, 5.41) is 0. The van der Waals surface area contributed by atoms with Gasteiger partial charge in [0, 0.05) is 9.03 Å². The van der Waals surface area contributed by atoms with Gasteiger partial charge in [-0.25, -0.2) is 0 Å². The van der Waals surface area contributed by atoms with Gasteiger partial charge in [-0.15, -0.1) is 17.8 Å². The van der Waals surface area contributed by atoms with E-state index in [4.69, 9.17) is 0 Å². The summed E-state index contributed by atoms with van der Waals surface area (Å²) in [5.74, 6) is -9.93. The van der Waals surface area contributed by atoms with Crippen LogP contribution < -0.4 is 4.86 Å². The maximum atomic E-state index is 13.5. The van der Waals surface area contributed by atoms with E-state index in [0.717, 1.165) is 0 Å². The van der Waals surface area contributed by atoms with E-state index in [1.54, 1.807) is 4.52 Å². The summed E-state index contributed by atoms with van der Waals surface area (Å²) in [6.07, 6.45) is 0. The molecule has 2 heterocycles. The Morgan fingerprint density at radius 1 is 0.792 bits per heavy atom. The first-order valence-corrected chi connectivity index (χ1v) is 11.4. The summed E-state index contributed by atoms with van der Waals surface area (Å²) in [5.41, 5.74) is 0. The predicted molar refractivity (Wildman–Crippen MR) is 66.5 cm³/mol. The highest BCUT2D eigenvalue weighted by Crippen LogP contribution is 2.84. The molecule has 2 aliphatic rings. The number of alkyl halides is 4. The lowest BCUT2D eigenvalue weighted by Gasteiger charge is -2.19. The smallest absolute Gasteiger partial charge is 0.197 e. The highest BCUT2D eigenvalue weighted by molar-refractivity contribution is 7.82. The average molecular weight is 455 g/mol. The summed E-state index contributed by atoms with van der Waals surface area (Å²) >= 11 is 0. The van der Waals surface area contributed by atoms with Crippen molar-refractivity contribution in [3.63, 3.8) is 0 Å².